The van der Waals surface area contributed by atoms with Crippen LogP contribution in [0.2, 0.25) is 0 Å². The normalized spacial score (nSPS) is 41.8. The Balaban J connectivity index is 1.47. The fourth-order valence-corrected chi connectivity index (χ4v) is 4.83. The summed E-state index contributed by atoms with van der Waals surface area (Å²) >= 11 is 0. The van der Waals surface area contributed by atoms with Crippen LogP contribution in [0.1, 0.15) is 78.1 Å². The summed E-state index contributed by atoms with van der Waals surface area (Å²) in [5, 5.41) is 0. The highest BCUT2D eigenvalue weighted by molar-refractivity contribution is 5.04. The highest BCUT2D eigenvalue weighted by atomic mass is 19.1. The number of allylic oxidation sites excluding steroid dienone is 1. The van der Waals surface area contributed by atoms with E-state index in [2.05, 4.69) is 6.92 Å². The van der Waals surface area contributed by atoms with Gasteiger partial charge < -0.3 is 4.74 Å². The van der Waals surface area contributed by atoms with Crippen LogP contribution in [0.4, 0.5) is 4.39 Å². The van der Waals surface area contributed by atoms with Gasteiger partial charge in [-0.3, -0.25) is 0 Å². The van der Waals surface area contributed by atoms with Crippen LogP contribution < -0.4 is 0 Å². The van der Waals surface area contributed by atoms with E-state index in [-0.39, 0.29) is 12.1 Å². The maximum atomic E-state index is 13.6. The first-order valence-electron chi connectivity index (χ1n) is 9.15. The lowest BCUT2D eigenvalue weighted by molar-refractivity contribution is -0.0137. The van der Waals surface area contributed by atoms with E-state index in [1.807, 2.05) is 6.92 Å². The van der Waals surface area contributed by atoms with Crippen molar-refractivity contribution in [2.24, 2.45) is 23.7 Å². The zero-order valence-corrected chi connectivity index (χ0v) is 13.7. The molecule has 3 aliphatic rings. The molecule has 0 N–H and O–H groups in total. The molecule has 1 aliphatic heterocycles. The van der Waals surface area contributed by atoms with Gasteiger partial charge in [-0.2, -0.15) is 4.39 Å². The first kappa shape index (κ1) is 15.4. The van der Waals surface area contributed by atoms with Gasteiger partial charge in [0.05, 0.1) is 0 Å². The van der Waals surface area contributed by atoms with Gasteiger partial charge >= 0.3 is 0 Å². The maximum absolute atomic E-state index is 13.6. The molecule has 1 nitrogen and oxygen atoms in total. The monoisotopic (exact) mass is 294 g/mol. The number of halogens is 1. The Hall–Kier alpha value is -0.530. The number of rotatable bonds is 2. The molecule has 3 rings (SSSR count). The smallest absolute Gasteiger partial charge is 0.271 e. The van der Waals surface area contributed by atoms with E-state index >= 15 is 0 Å². The second kappa shape index (κ2) is 6.71. The van der Waals surface area contributed by atoms with Gasteiger partial charge in [0.2, 0.25) is 0 Å². The number of hydrogen-bond acceptors (Lipinski definition) is 1. The van der Waals surface area contributed by atoms with Crippen molar-refractivity contribution in [1.29, 1.82) is 0 Å². The first-order valence-corrected chi connectivity index (χ1v) is 9.15. The molecule has 2 heteroatoms. The Bertz CT molecular complexity index is 373. The van der Waals surface area contributed by atoms with Crippen LogP contribution in [0.15, 0.2) is 11.6 Å². The molecule has 0 aromatic rings. The topological polar surface area (TPSA) is 9.23 Å². The quantitative estimate of drug-likeness (QED) is 0.607. The summed E-state index contributed by atoms with van der Waals surface area (Å²) < 4.78 is 19.2. The Morgan fingerprint density at radius 2 is 1.33 bits per heavy atom. The minimum Gasteiger partial charge on any atom is -0.467 e. The summed E-state index contributed by atoms with van der Waals surface area (Å²) in [7, 11) is 0. The molecule has 1 unspecified atom stereocenters. The van der Waals surface area contributed by atoms with E-state index in [4.69, 9.17) is 4.74 Å². The summed E-state index contributed by atoms with van der Waals surface area (Å²) in [6, 6.07) is -0.283. The average molecular weight is 294 g/mol. The molecule has 0 bridgehead atoms. The van der Waals surface area contributed by atoms with Crippen LogP contribution in [-0.4, -0.2) is 6.10 Å². The second-order valence-electron chi connectivity index (χ2n) is 7.94. The third kappa shape index (κ3) is 3.63. The molecule has 0 aromatic carbocycles. The van der Waals surface area contributed by atoms with Crippen molar-refractivity contribution in [1.82, 2.24) is 0 Å². The fourth-order valence-electron chi connectivity index (χ4n) is 4.83. The molecule has 2 fully saturated rings. The average Bonchev–Trinajstić information content (AvgIpc) is 2.51. The summed E-state index contributed by atoms with van der Waals surface area (Å²) in [4.78, 5) is 0. The number of hydrogen-bond donors (Lipinski definition) is 0. The molecule has 21 heavy (non-hydrogen) atoms. The van der Waals surface area contributed by atoms with Crippen LogP contribution in [0.5, 0.6) is 0 Å². The third-order valence-corrected chi connectivity index (χ3v) is 6.46. The maximum Gasteiger partial charge on any atom is 0.271 e. The number of ether oxygens (including phenoxy) is 1. The van der Waals surface area contributed by atoms with Gasteiger partial charge in [0.1, 0.15) is 6.10 Å². The van der Waals surface area contributed by atoms with E-state index in [9.17, 15) is 4.39 Å². The summed E-state index contributed by atoms with van der Waals surface area (Å²) in [6.07, 6.45) is 13.1. The largest absolute Gasteiger partial charge is 0.467 e. The van der Waals surface area contributed by atoms with Gasteiger partial charge in [0.25, 0.3) is 6.01 Å². The van der Waals surface area contributed by atoms with E-state index in [1.54, 1.807) is 0 Å². The molecule has 0 spiro atoms. The minimum atomic E-state index is -0.283. The fraction of sp³-hybridized carbons (Fsp3) is 0.895. The van der Waals surface area contributed by atoms with Crippen molar-refractivity contribution in [2.45, 2.75) is 84.2 Å². The Morgan fingerprint density at radius 1 is 0.810 bits per heavy atom. The Kier molecular flexibility index (Phi) is 4.91. The Morgan fingerprint density at radius 3 is 1.90 bits per heavy atom. The molecule has 0 saturated heterocycles. The van der Waals surface area contributed by atoms with E-state index in [1.165, 1.54) is 51.4 Å². The molecule has 0 aromatic heterocycles. The van der Waals surface area contributed by atoms with Crippen molar-refractivity contribution < 1.29 is 9.13 Å². The van der Waals surface area contributed by atoms with Gasteiger partial charge in [-0.1, -0.05) is 19.8 Å². The molecule has 2 aliphatic carbocycles. The van der Waals surface area contributed by atoms with Gasteiger partial charge in [-0.15, -0.1) is 0 Å². The van der Waals surface area contributed by atoms with Crippen molar-refractivity contribution in [3.05, 3.63) is 11.6 Å². The highest BCUT2D eigenvalue weighted by Crippen LogP contribution is 2.43. The van der Waals surface area contributed by atoms with Crippen LogP contribution in [0.25, 0.3) is 0 Å². The molecule has 0 amide bonds. The van der Waals surface area contributed by atoms with Crippen LogP contribution >= 0.6 is 0 Å². The lowest BCUT2D eigenvalue weighted by atomic mass is 9.68. The van der Waals surface area contributed by atoms with E-state index in [0.29, 0.717) is 5.92 Å². The zero-order chi connectivity index (χ0) is 14.8. The lowest BCUT2D eigenvalue weighted by Gasteiger charge is -2.40. The standard InChI is InChI=1S/C19H31FO/c1-13-3-6-15(7-4-13)16-8-10-17(11-9-16)18-12-5-14(2)19(20)21-18/h13,15-18H,3-12H2,1-2H3. The minimum absolute atomic E-state index is 0.154. The van der Waals surface area contributed by atoms with Crippen molar-refractivity contribution in [2.75, 3.05) is 0 Å². The highest BCUT2D eigenvalue weighted by Gasteiger charge is 2.34. The van der Waals surface area contributed by atoms with Crippen LogP contribution in [0.3, 0.4) is 0 Å². The SMILES string of the molecule is CC1=C(F)OC(C2CCC(C3CCC(C)CC3)CC2)CC1. The van der Waals surface area contributed by atoms with E-state index in [0.717, 1.165) is 36.2 Å². The van der Waals surface area contributed by atoms with Gasteiger partial charge in [-0.25, -0.2) is 0 Å². The van der Waals surface area contributed by atoms with Crippen LogP contribution in [0, 0.1) is 23.7 Å². The van der Waals surface area contributed by atoms with Crippen molar-refractivity contribution in [3.8, 4) is 0 Å². The second-order valence-corrected chi connectivity index (χ2v) is 7.94. The molecular formula is C19H31FO. The zero-order valence-electron chi connectivity index (χ0n) is 13.7. The molecular weight excluding hydrogens is 263 g/mol. The summed E-state index contributed by atoms with van der Waals surface area (Å²) in [5.41, 5.74) is 0.802. The molecule has 1 atom stereocenters. The van der Waals surface area contributed by atoms with Crippen LogP contribution in [-0.2, 0) is 4.74 Å². The Labute approximate surface area is 129 Å². The molecule has 2 saturated carbocycles. The predicted octanol–water partition coefficient (Wildman–Crippen LogP) is 6.00. The summed E-state index contributed by atoms with van der Waals surface area (Å²) in [6.45, 7) is 4.25. The first-order chi connectivity index (χ1) is 10.1. The predicted molar refractivity (Wildman–Crippen MR) is 84.5 cm³/mol. The van der Waals surface area contributed by atoms with Gasteiger partial charge in [0.15, 0.2) is 0 Å². The molecule has 120 valence electrons. The van der Waals surface area contributed by atoms with E-state index < -0.39 is 0 Å². The van der Waals surface area contributed by atoms with Crippen molar-refractivity contribution >= 4 is 0 Å². The molecule has 0 radical (unpaired) electrons. The van der Waals surface area contributed by atoms with Crippen molar-refractivity contribution in [3.63, 3.8) is 0 Å². The molecule has 1 heterocycles. The summed E-state index contributed by atoms with van der Waals surface area (Å²) in [5.74, 6) is 3.47. The lowest BCUT2D eigenvalue weighted by Crippen LogP contribution is -2.32. The van der Waals surface area contributed by atoms with Gasteiger partial charge in [0, 0.05) is 0 Å². The third-order valence-electron chi connectivity index (χ3n) is 6.46. The van der Waals surface area contributed by atoms with Gasteiger partial charge in [-0.05, 0) is 87.5 Å².